The van der Waals surface area contributed by atoms with Gasteiger partial charge in [0.2, 0.25) is 11.8 Å². The Kier molecular flexibility index (Phi) is 5.83. The second-order valence-electron chi connectivity index (χ2n) is 6.70. The molecule has 1 heterocycles. The van der Waals surface area contributed by atoms with Gasteiger partial charge in [-0.15, -0.1) is 0 Å². The molecule has 4 heteroatoms. The monoisotopic (exact) mass is 268 g/mol. The van der Waals surface area contributed by atoms with E-state index in [2.05, 4.69) is 12.2 Å². The smallest absolute Gasteiger partial charge is 0.225 e. The lowest BCUT2D eigenvalue weighted by Gasteiger charge is -2.31. The van der Waals surface area contributed by atoms with E-state index >= 15 is 0 Å². The van der Waals surface area contributed by atoms with Gasteiger partial charge in [0.05, 0.1) is 0 Å². The van der Waals surface area contributed by atoms with Crippen molar-refractivity contribution in [3.63, 3.8) is 0 Å². The average molecular weight is 268 g/mol. The third-order valence-electron chi connectivity index (χ3n) is 3.54. The number of piperidine rings is 1. The van der Waals surface area contributed by atoms with Crippen LogP contribution in [0.2, 0.25) is 0 Å². The quantitative estimate of drug-likeness (QED) is 0.795. The van der Waals surface area contributed by atoms with Crippen LogP contribution >= 0.6 is 0 Å². The normalized spacial score (nSPS) is 20.2. The van der Waals surface area contributed by atoms with Crippen molar-refractivity contribution in [1.82, 2.24) is 10.2 Å². The lowest BCUT2D eigenvalue weighted by Crippen LogP contribution is -2.39. The average Bonchev–Trinajstić information content (AvgIpc) is 2.32. The minimum atomic E-state index is -0.355. The van der Waals surface area contributed by atoms with Crippen LogP contribution in [-0.4, -0.2) is 36.3 Å². The van der Waals surface area contributed by atoms with E-state index in [4.69, 9.17) is 0 Å². The summed E-state index contributed by atoms with van der Waals surface area (Å²) >= 11 is 0. The molecule has 0 aromatic heterocycles. The zero-order chi connectivity index (χ0) is 14.5. The maximum atomic E-state index is 12.0. The molecule has 1 aliphatic heterocycles. The molecule has 0 bridgehead atoms. The van der Waals surface area contributed by atoms with Crippen LogP contribution in [-0.2, 0) is 9.59 Å². The molecule has 0 radical (unpaired) electrons. The highest BCUT2D eigenvalue weighted by Crippen LogP contribution is 2.16. The van der Waals surface area contributed by atoms with Gasteiger partial charge in [-0.1, -0.05) is 27.7 Å². The fourth-order valence-electron chi connectivity index (χ4n) is 2.28. The molecule has 1 fully saturated rings. The van der Waals surface area contributed by atoms with Crippen LogP contribution in [0, 0.1) is 11.3 Å². The third kappa shape index (κ3) is 5.62. The van der Waals surface area contributed by atoms with E-state index in [1.807, 2.05) is 25.7 Å². The Bertz CT molecular complexity index is 321. The summed E-state index contributed by atoms with van der Waals surface area (Å²) in [5.41, 5.74) is -0.355. The van der Waals surface area contributed by atoms with Crippen LogP contribution in [0.4, 0.5) is 0 Å². The second kappa shape index (κ2) is 6.92. The van der Waals surface area contributed by atoms with Gasteiger partial charge in [0, 0.05) is 31.5 Å². The number of nitrogens with one attached hydrogen (secondary N) is 1. The summed E-state index contributed by atoms with van der Waals surface area (Å²) in [7, 11) is 0. The summed E-state index contributed by atoms with van der Waals surface area (Å²) in [6, 6.07) is 0. The zero-order valence-corrected chi connectivity index (χ0v) is 12.8. The topological polar surface area (TPSA) is 49.4 Å². The molecule has 0 unspecified atom stereocenters. The van der Waals surface area contributed by atoms with Crippen LogP contribution in [0.1, 0.15) is 53.4 Å². The maximum Gasteiger partial charge on any atom is 0.225 e. The van der Waals surface area contributed by atoms with Gasteiger partial charge in [-0.25, -0.2) is 0 Å². The summed E-state index contributed by atoms with van der Waals surface area (Å²) in [6.45, 7) is 10.3. The molecule has 1 atom stereocenters. The minimum Gasteiger partial charge on any atom is -0.356 e. The minimum absolute atomic E-state index is 0.0477. The van der Waals surface area contributed by atoms with Crippen molar-refractivity contribution >= 4 is 11.8 Å². The van der Waals surface area contributed by atoms with Crippen molar-refractivity contribution < 1.29 is 9.59 Å². The SMILES string of the molecule is C[C@@H]1CCCN(C(=O)CCCNC(=O)C(C)(C)C)C1. The molecule has 0 aromatic rings. The van der Waals surface area contributed by atoms with Crippen molar-refractivity contribution in [2.45, 2.75) is 53.4 Å². The van der Waals surface area contributed by atoms with E-state index in [9.17, 15) is 9.59 Å². The molecule has 0 saturated carbocycles. The largest absolute Gasteiger partial charge is 0.356 e. The summed E-state index contributed by atoms with van der Waals surface area (Å²) in [5.74, 6) is 0.904. The van der Waals surface area contributed by atoms with Crippen molar-refractivity contribution in [2.24, 2.45) is 11.3 Å². The first kappa shape index (κ1) is 16.0. The van der Waals surface area contributed by atoms with Crippen LogP contribution in [0.3, 0.4) is 0 Å². The Hall–Kier alpha value is -1.06. The molecule has 1 N–H and O–H groups in total. The first-order valence-corrected chi connectivity index (χ1v) is 7.37. The second-order valence-corrected chi connectivity index (χ2v) is 6.70. The van der Waals surface area contributed by atoms with E-state index in [1.54, 1.807) is 0 Å². The molecule has 0 aromatic carbocycles. The highest BCUT2D eigenvalue weighted by molar-refractivity contribution is 5.81. The van der Waals surface area contributed by atoms with E-state index in [0.717, 1.165) is 25.9 Å². The van der Waals surface area contributed by atoms with E-state index in [0.29, 0.717) is 18.9 Å². The Labute approximate surface area is 116 Å². The van der Waals surface area contributed by atoms with Crippen molar-refractivity contribution in [1.29, 1.82) is 0 Å². The summed E-state index contributed by atoms with van der Waals surface area (Å²) in [5, 5.41) is 2.88. The number of carbonyl (C=O) groups is 2. The van der Waals surface area contributed by atoms with E-state index in [1.165, 1.54) is 6.42 Å². The van der Waals surface area contributed by atoms with Crippen LogP contribution < -0.4 is 5.32 Å². The number of likely N-dealkylation sites (tertiary alicyclic amines) is 1. The summed E-state index contributed by atoms with van der Waals surface area (Å²) in [4.78, 5) is 25.6. The predicted octanol–water partition coefficient (Wildman–Crippen LogP) is 2.19. The van der Waals surface area contributed by atoms with Gasteiger partial charge >= 0.3 is 0 Å². The molecule has 110 valence electrons. The molecular formula is C15H28N2O2. The van der Waals surface area contributed by atoms with Gasteiger partial charge in [-0.3, -0.25) is 9.59 Å². The van der Waals surface area contributed by atoms with Gasteiger partial charge in [0.1, 0.15) is 0 Å². The van der Waals surface area contributed by atoms with E-state index in [-0.39, 0.29) is 17.2 Å². The zero-order valence-electron chi connectivity index (χ0n) is 12.8. The molecule has 1 aliphatic rings. The van der Waals surface area contributed by atoms with Crippen LogP contribution in [0.25, 0.3) is 0 Å². The van der Waals surface area contributed by atoms with Gasteiger partial charge in [-0.2, -0.15) is 0 Å². The van der Waals surface area contributed by atoms with Gasteiger partial charge in [0.15, 0.2) is 0 Å². The molecule has 0 spiro atoms. The highest BCUT2D eigenvalue weighted by atomic mass is 16.2. The molecule has 1 rings (SSSR count). The molecule has 1 saturated heterocycles. The van der Waals surface area contributed by atoms with Crippen molar-refractivity contribution in [2.75, 3.05) is 19.6 Å². The van der Waals surface area contributed by atoms with Crippen molar-refractivity contribution in [3.05, 3.63) is 0 Å². The summed E-state index contributed by atoms with van der Waals surface area (Å²) < 4.78 is 0. The first-order chi connectivity index (χ1) is 8.80. The Balaban J connectivity index is 2.19. The number of hydrogen-bond donors (Lipinski definition) is 1. The van der Waals surface area contributed by atoms with Gasteiger partial charge < -0.3 is 10.2 Å². The van der Waals surface area contributed by atoms with Crippen LogP contribution in [0.15, 0.2) is 0 Å². The highest BCUT2D eigenvalue weighted by Gasteiger charge is 2.22. The standard InChI is InChI=1S/C15H28N2O2/c1-12-7-6-10-17(11-12)13(18)8-5-9-16-14(19)15(2,3)4/h12H,5-11H2,1-4H3,(H,16,19)/t12-/m1/s1. The number of hydrogen-bond acceptors (Lipinski definition) is 2. The fraction of sp³-hybridized carbons (Fsp3) is 0.867. The van der Waals surface area contributed by atoms with Crippen LogP contribution in [0.5, 0.6) is 0 Å². The Morgan fingerprint density at radius 3 is 2.58 bits per heavy atom. The summed E-state index contributed by atoms with van der Waals surface area (Å²) in [6.07, 6.45) is 3.61. The fourth-order valence-corrected chi connectivity index (χ4v) is 2.28. The number of nitrogens with zero attached hydrogens (tertiary/aromatic N) is 1. The number of carbonyl (C=O) groups excluding carboxylic acids is 2. The van der Waals surface area contributed by atoms with E-state index < -0.39 is 0 Å². The van der Waals surface area contributed by atoms with Gasteiger partial charge in [0.25, 0.3) is 0 Å². The molecule has 2 amide bonds. The predicted molar refractivity (Wildman–Crippen MR) is 76.7 cm³/mol. The molecule has 4 nitrogen and oxygen atoms in total. The lowest BCUT2D eigenvalue weighted by molar-refractivity contribution is -0.133. The maximum absolute atomic E-state index is 12.0. The molecule has 19 heavy (non-hydrogen) atoms. The van der Waals surface area contributed by atoms with Crippen molar-refractivity contribution in [3.8, 4) is 0 Å². The van der Waals surface area contributed by atoms with Gasteiger partial charge in [-0.05, 0) is 25.2 Å². The third-order valence-corrected chi connectivity index (χ3v) is 3.54. The molecule has 0 aliphatic carbocycles. The lowest BCUT2D eigenvalue weighted by atomic mass is 9.96. The first-order valence-electron chi connectivity index (χ1n) is 7.37. The number of rotatable bonds is 4. The Morgan fingerprint density at radius 2 is 2.00 bits per heavy atom. The number of amides is 2. The Morgan fingerprint density at radius 1 is 1.32 bits per heavy atom. The molecular weight excluding hydrogens is 240 g/mol.